The van der Waals surface area contributed by atoms with Crippen LogP contribution in [0.2, 0.25) is 0 Å². The number of benzene rings is 2. The van der Waals surface area contributed by atoms with Crippen molar-refractivity contribution in [3.63, 3.8) is 0 Å². The molecular weight excluding hydrogens is 212 g/mol. The molecule has 17 heavy (non-hydrogen) atoms. The predicted octanol–water partition coefficient (Wildman–Crippen LogP) is 3.61. The van der Waals surface area contributed by atoms with Crippen LogP contribution in [0.25, 0.3) is 10.8 Å². The Hall–Kier alpha value is -1.83. The Morgan fingerprint density at radius 3 is 2.71 bits per heavy atom. The van der Waals surface area contributed by atoms with Crippen molar-refractivity contribution in [3.05, 3.63) is 41.5 Å². The largest absolute Gasteiger partial charge is 0.495 e. The monoisotopic (exact) mass is 228 g/mol. The van der Waals surface area contributed by atoms with Crippen LogP contribution in [0.1, 0.15) is 29.3 Å². The van der Waals surface area contributed by atoms with Crippen LogP contribution in [0.15, 0.2) is 30.3 Å². The molecule has 0 fully saturated rings. The minimum atomic E-state index is 0.614. The molecule has 88 valence electrons. The second-order valence-corrected chi connectivity index (χ2v) is 4.07. The molecule has 0 heterocycles. The van der Waals surface area contributed by atoms with E-state index in [-0.39, 0.29) is 0 Å². The van der Waals surface area contributed by atoms with Gasteiger partial charge in [0.05, 0.1) is 12.7 Å². The van der Waals surface area contributed by atoms with Gasteiger partial charge in [-0.1, -0.05) is 37.6 Å². The third kappa shape index (κ3) is 2.03. The van der Waals surface area contributed by atoms with E-state index >= 15 is 0 Å². The molecule has 0 saturated heterocycles. The summed E-state index contributed by atoms with van der Waals surface area (Å²) in [4.78, 5) is 11.0. The number of aldehydes is 1. The van der Waals surface area contributed by atoms with E-state index in [1.807, 2.05) is 24.3 Å². The minimum Gasteiger partial charge on any atom is -0.495 e. The molecule has 0 radical (unpaired) electrons. The third-order valence-corrected chi connectivity index (χ3v) is 2.97. The second-order valence-electron chi connectivity index (χ2n) is 4.07. The number of ether oxygens (including phenoxy) is 1. The lowest BCUT2D eigenvalue weighted by molar-refractivity contribution is 0.112. The number of carbonyl (C=O) groups is 1. The van der Waals surface area contributed by atoms with Crippen molar-refractivity contribution < 1.29 is 9.53 Å². The number of fused-ring (bicyclic) bond motifs is 1. The quantitative estimate of drug-likeness (QED) is 0.747. The summed E-state index contributed by atoms with van der Waals surface area (Å²) >= 11 is 0. The van der Waals surface area contributed by atoms with E-state index < -0.39 is 0 Å². The van der Waals surface area contributed by atoms with Gasteiger partial charge < -0.3 is 4.74 Å². The number of rotatable bonds is 4. The molecule has 0 aliphatic rings. The first-order valence-electron chi connectivity index (χ1n) is 5.85. The van der Waals surface area contributed by atoms with E-state index in [9.17, 15) is 4.79 Å². The lowest BCUT2D eigenvalue weighted by Gasteiger charge is -2.12. The third-order valence-electron chi connectivity index (χ3n) is 2.97. The predicted molar refractivity (Wildman–Crippen MR) is 69.9 cm³/mol. The Balaban J connectivity index is 2.79. The lowest BCUT2D eigenvalue weighted by Crippen LogP contribution is -1.95. The van der Waals surface area contributed by atoms with Crippen LogP contribution >= 0.6 is 0 Å². The van der Waals surface area contributed by atoms with Crippen molar-refractivity contribution in [2.75, 3.05) is 7.11 Å². The van der Waals surface area contributed by atoms with Gasteiger partial charge in [0.2, 0.25) is 0 Å². The van der Waals surface area contributed by atoms with Gasteiger partial charge in [-0.25, -0.2) is 0 Å². The zero-order valence-corrected chi connectivity index (χ0v) is 10.2. The maximum Gasteiger partial charge on any atom is 0.153 e. The molecule has 0 bridgehead atoms. The van der Waals surface area contributed by atoms with E-state index in [0.29, 0.717) is 11.3 Å². The highest BCUT2D eigenvalue weighted by Crippen LogP contribution is 2.32. The van der Waals surface area contributed by atoms with Crippen LogP contribution in [-0.2, 0) is 6.42 Å². The molecule has 0 unspecified atom stereocenters. The highest BCUT2D eigenvalue weighted by Gasteiger charge is 2.10. The van der Waals surface area contributed by atoms with E-state index in [1.54, 1.807) is 7.11 Å². The van der Waals surface area contributed by atoms with Crippen LogP contribution in [-0.4, -0.2) is 13.4 Å². The van der Waals surface area contributed by atoms with Gasteiger partial charge in [-0.05, 0) is 23.4 Å². The second kappa shape index (κ2) is 5.00. The van der Waals surface area contributed by atoms with E-state index in [2.05, 4.69) is 13.0 Å². The molecular formula is C15H16O2. The van der Waals surface area contributed by atoms with Gasteiger partial charge in [-0.15, -0.1) is 0 Å². The summed E-state index contributed by atoms with van der Waals surface area (Å²) in [5.74, 6) is 0.696. The molecule has 2 aromatic carbocycles. The van der Waals surface area contributed by atoms with Crippen LogP contribution in [0, 0.1) is 0 Å². The smallest absolute Gasteiger partial charge is 0.153 e. The molecule has 0 saturated carbocycles. The number of hydrogen-bond acceptors (Lipinski definition) is 2. The first kappa shape index (κ1) is 11.6. The average Bonchev–Trinajstić information content (AvgIpc) is 2.38. The van der Waals surface area contributed by atoms with Crippen LogP contribution in [0.3, 0.4) is 0 Å². The molecule has 2 nitrogen and oxygen atoms in total. The van der Waals surface area contributed by atoms with Crippen molar-refractivity contribution in [2.24, 2.45) is 0 Å². The SMILES string of the molecule is CCCc1cccc2ccc(C=O)c(OC)c12. The molecule has 0 aliphatic carbocycles. The van der Waals surface area contributed by atoms with Gasteiger partial charge in [0.25, 0.3) is 0 Å². The van der Waals surface area contributed by atoms with Crippen LogP contribution < -0.4 is 4.74 Å². The number of methoxy groups -OCH3 is 1. The summed E-state index contributed by atoms with van der Waals surface area (Å²) in [5, 5.41) is 2.19. The number of carbonyl (C=O) groups excluding carboxylic acids is 1. The lowest BCUT2D eigenvalue weighted by atomic mass is 9.98. The summed E-state index contributed by atoms with van der Waals surface area (Å²) in [5.41, 5.74) is 1.86. The van der Waals surface area contributed by atoms with E-state index in [4.69, 9.17) is 4.74 Å². The Kier molecular flexibility index (Phi) is 3.43. The maximum absolute atomic E-state index is 11.0. The van der Waals surface area contributed by atoms with E-state index in [1.165, 1.54) is 5.56 Å². The van der Waals surface area contributed by atoms with Crippen molar-refractivity contribution in [3.8, 4) is 5.75 Å². The number of hydrogen-bond donors (Lipinski definition) is 0. The summed E-state index contributed by atoms with van der Waals surface area (Å²) in [7, 11) is 1.62. The molecule has 0 aliphatic heterocycles. The fraction of sp³-hybridized carbons (Fsp3) is 0.267. The topological polar surface area (TPSA) is 26.3 Å². The van der Waals surface area contributed by atoms with Gasteiger partial charge in [0, 0.05) is 5.39 Å². The molecule has 2 heteroatoms. The zero-order valence-electron chi connectivity index (χ0n) is 10.2. The first-order chi connectivity index (χ1) is 8.31. The molecule has 0 amide bonds. The Labute approximate surface area is 101 Å². The molecule has 2 rings (SSSR count). The molecule has 0 atom stereocenters. The van der Waals surface area contributed by atoms with Gasteiger partial charge in [-0.3, -0.25) is 4.79 Å². The average molecular weight is 228 g/mol. The standard InChI is InChI=1S/C15H16O2/c1-3-5-11-6-4-7-12-8-9-13(10-16)15(17-2)14(11)12/h4,6-10H,3,5H2,1-2H3. The summed E-state index contributed by atoms with van der Waals surface area (Å²) < 4.78 is 5.41. The van der Waals surface area contributed by atoms with Crippen molar-refractivity contribution in [1.82, 2.24) is 0 Å². The highest BCUT2D eigenvalue weighted by molar-refractivity contribution is 5.98. The fourth-order valence-electron chi connectivity index (χ4n) is 2.23. The minimum absolute atomic E-state index is 0.614. The molecule has 2 aromatic rings. The maximum atomic E-state index is 11.0. The van der Waals surface area contributed by atoms with Gasteiger partial charge >= 0.3 is 0 Å². The first-order valence-corrected chi connectivity index (χ1v) is 5.85. The molecule has 0 aromatic heterocycles. The highest BCUT2D eigenvalue weighted by atomic mass is 16.5. The number of aryl methyl sites for hydroxylation is 1. The van der Waals surface area contributed by atoms with Gasteiger partial charge in [0.15, 0.2) is 6.29 Å². The van der Waals surface area contributed by atoms with Crippen LogP contribution in [0.5, 0.6) is 5.75 Å². The van der Waals surface area contributed by atoms with Crippen molar-refractivity contribution in [1.29, 1.82) is 0 Å². The zero-order chi connectivity index (χ0) is 12.3. The van der Waals surface area contributed by atoms with Crippen LogP contribution in [0.4, 0.5) is 0 Å². The molecule has 0 N–H and O–H groups in total. The Morgan fingerprint density at radius 2 is 2.06 bits per heavy atom. The van der Waals surface area contributed by atoms with Crippen molar-refractivity contribution >= 4 is 17.1 Å². The Bertz CT molecular complexity index is 544. The van der Waals surface area contributed by atoms with Gasteiger partial charge in [-0.2, -0.15) is 0 Å². The summed E-state index contributed by atoms with van der Waals surface area (Å²) in [6.07, 6.45) is 2.92. The normalized spacial score (nSPS) is 10.5. The Morgan fingerprint density at radius 1 is 1.24 bits per heavy atom. The van der Waals surface area contributed by atoms with Gasteiger partial charge in [0.1, 0.15) is 5.75 Å². The summed E-state index contributed by atoms with van der Waals surface area (Å²) in [6.45, 7) is 2.15. The fourth-order valence-corrected chi connectivity index (χ4v) is 2.23. The summed E-state index contributed by atoms with van der Waals surface area (Å²) in [6, 6.07) is 9.98. The van der Waals surface area contributed by atoms with Crippen molar-refractivity contribution in [2.45, 2.75) is 19.8 Å². The van der Waals surface area contributed by atoms with E-state index in [0.717, 1.165) is 29.9 Å². The molecule has 0 spiro atoms.